The van der Waals surface area contributed by atoms with E-state index in [4.69, 9.17) is 5.26 Å². The lowest BCUT2D eigenvalue weighted by Crippen LogP contribution is -2.26. The number of Topliss-reactive ketones (excluding diaryl/α,β-unsaturated/α-hetero) is 1. The first-order valence-corrected chi connectivity index (χ1v) is 12.1. The fraction of sp³-hybridized carbons (Fsp3) is 0.333. The molecule has 0 amide bonds. The Balaban J connectivity index is 1.85. The van der Waals surface area contributed by atoms with Crippen molar-refractivity contribution in [3.63, 3.8) is 0 Å². The molecule has 1 atom stereocenters. The summed E-state index contributed by atoms with van der Waals surface area (Å²) in [4.78, 5) is 13.7. The number of ketones is 1. The molecule has 2 aromatic carbocycles. The van der Waals surface area contributed by atoms with Crippen LogP contribution >= 0.6 is 0 Å². The van der Waals surface area contributed by atoms with E-state index in [2.05, 4.69) is 24.9 Å². The quantitative estimate of drug-likeness (QED) is 0.640. The van der Waals surface area contributed by atoms with Gasteiger partial charge in [-0.2, -0.15) is 5.26 Å². The van der Waals surface area contributed by atoms with Crippen LogP contribution in [0.4, 0.5) is 4.39 Å². The molecule has 1 fully saturated rings. The molecule has 1 saturated carbocycles. The van der Waals surface area contributed by atoms with Crippen LogP contribution in [0.1, 0.15) is 62.1 Å². The molecular formula is C30H31FN2O. The normalized spacial score (nSPS) is 19.5. The molecule has 2 aliphatic carbocycles. The van der Waals surface area contributed by atoms with Crippen LogP contribution in [0, 0.1) is 29.0 Å². The second kappa shape index (κ2) is 10.2. The smallest absolute Gasteiger partial charge is 0.162 e. The van der Waals surface area contributed by atoms with E-state index in [-0.39, 0.29) is 23.2 Å². The van der Waals surface area contributed by atoms with Gasteiger partial charge in [0.1, 0.15) is 11.9 Å². The van der Waals surface area contributed by atoms with Crippen molar-refractivity contribution in [2.75, 3.05) is 7.05 Å². The lowest BCUT2D eigenvalue weighted by molar-refractivity contribution is -0.119. The SMILES string of the molecule is C=c1ccc(C2=C(c3ccc(C#N)c(F)c3)C=C(C(=O)C3CCCCCC3)C2C)c/c1=C/NC. The molecule has 1 N–H and O–H groups in total. The second-order valence-corrected chi connectivity index (χ2v) is 9.35. The van der Waals surface area contributed by atoms with E-state index in [1.54, 1.807) is 6.07 Å². The number of nitrogens with zero attached hydrogens (tertiary/aromatic N) is 1. The van der Waals surface area contributed by atoms with Crippen LogP contribution in [0.5, 0.6) is 0 Å². The van der Waals surface area contributed by atoms with Crippen LogP contribution in [0.3, 0.4) is 0 Å². The highest BCUT2D eigenvalue weighted by Gasteiger charge is 2.33. The average molecular weight is 455 g/mol. The van der Waals surface area contributed by atoms with Gasteiger partial charge in [0, 0.05) is 30.7 Å². The van der Waals surface area contributed by atoms with Crippen LogP contribution in [0.2, 0.25) is 0 Å². The summed E-state index contributed by atoms with van der Waals surface area (Å²) in [6, 6.07) is 12.6. The molecule has 2 aliphatic rings. The maximum Gasteiger partial charge on any atom is 0.162 e. The average Bonchev–Trinajstić information content (AvgIpc) is 2.99. The Morgan fingerprint density at radius 1 is 1.12 bits per heavy atom. The molecule has 3 nitrogen and oxygen atoms in total. The van der Waals surface area contributed by atoms with E-state index >= 15 is 0 Å². The Morgan fingerprint density at radius 3 is 2.47 bits per heavy atom. The topological polar surface area (TPSA) is 52.9 Å². The van der Waals surface area contributed by atoms with Crippen molar-refractivity contribution in [2.24, 2.45) is 11.8 Å². The summed E-state index contributed by atoms with van der Waals surface area (Å²) in [5.74, 6) is -0.368. The number of hydrogen-bond acceptors (Lipinski definition) is 3. The summed E-state index contributed by atoms with van der Waals surface area (Å²) in [6.45, 7) is 6.18. The number of halogens is 1. The minimum absolute atomic E-state index is 0.0167. The van der Waals surface area contributed by atoms with Crippen molar-refractivity contribution in [3.05, 3.63) is 81.0 Å². The standard InChI is InChI=1S/C30H31FN2O/c1-19-10-11-23(14-25(19)18-33-3)29-20(2)26(30(34)21-8-6-4-5-7-9-21)16-27(29)22-12-13-24(17-32)28(31)15-22/h10-16,18,20-21,33H,1,4-9H2,2-3H3/b25-18-. The molecule has 0 radical (unpaired) electrons. The molecule has 1 unspecified atom stereocenters. The van der Waals surface area contributed by atoms with Gasteiger partial charge in [0.15, 0.2) is 5.78 Å². The predicted molar refractivity (Wildman–Crippen MR) is 136 cm³/mol. The van der Waals surface area contributed by atoms with Crippen molar-refractivity contribution in [3.8, 4) is 6.07 Å². The maximum atomic E-state index is 14.6. The summed E-state index contributed by atoms with van der Waals surface area (Å²) in [5, 5.41) is 14.1. The lowest BCUT2D eigenvalue weighted by Gasteiger charge is -2.19. The van der Waals surface area contributed by atoms with Gasteiger partial charge >= 0.3 is 0 Å². The number of nitriles is 1. The summed E-state index contributed by atoms with van der Waals surface area (Å²) in [7, 11) is 1.85. The van der Waals surface area contributed by atoms with Gasteiger partial charge in [-0.25, -0.2) is 4.39 Å². The van der Waals surface area contributed by atoms with Crippen molar-refractivity contribution in [2.45, 2.75) is 45.4 Å². The zero-order valence-electron chi connectivity index (χ0n) is 20.0. The molecule has 0 bridgehead atoms. The Labute approximate surface area is 201 Å². The number of allylic oxidation sites excluding steroid dienone is 4. The minimum Gasteiger partial charge on any atom is -0.393 e. The molecule has 0 saturated heterocycles. The largest absolute Gasteiger partial charge is 0.393 e. The van der Waals surface area contributed by atoms with Crippen molar-refractivity contribution in [1.82, 2.24) is 5.32 Å². The Kier molecular flexibility index (Phi) is 7.12. The summed E-state index contributed by atoms with van der Waals surface area (Å²) >= 11 is 0. The van der Waals surface area contributed by atoms with E-state index in [9.17, 15) is 9.18 Å². The highest BCUT2D eigenvalue weighted by atomic mass is 19.1. The van der Waals surface area contributed by atoms with Crippen LogP contribution in [0.15, 0.2) is 48.0 Å². The van der Waals surface area contributed by atoms with Crippen molar-refractivity contribution in [1.29, 1.82) is 5.26 Å². The monoisotopic (exact) mass is 454 g/mol. The highest BCUT2D eigenvalue weighted by Crippen LogP contribution is 2.44. The molecule has 4 heteroatoms. The van der Waals surface area contributed by atoms with Gasteiger partial charge in [0.05, 0.1) is 5.56 Å². The Hall–Kier alpha value is -3.45. The molecule has 0 aliphatic heterocycles. The van der Waals surface area contributed by atoms with Gasteiger partial charge in [0.2, 0.25) is 0 Å². The number of rotatable bonds is 5. The number of nitrogens with one attached hydrogen (secondary N) is 1. The second-order valence-electron chi connectivity index (χ2n) is 9.35. The fourth-order valence-corrected chi connectivity index (χ4v) is 5.28. The van der Waals surface area contributed by atoms with Gasteiger partial charge in [-0.3, -0.25) is 4.79 Å². The zero-order valence-corrected chi connectivity index (χ0v) is 20.0. The summed E-state index contributed by atoms with van der Waals surface area (Å²) in [5.41, 5.74) is 4.34. The van der Waals surface area contributed by atoms with Crippen LogP contribution in [-0.2, 0) is 4.79 Å². The van der Waals surface area contributed by atoms with E-state index < -0.39 is 5.82 Å². The number of hydrogen-bond donors (Lipinski definition) is 1. The Morgan fingerprint density at radius 2 is 1.82 bits per heavy atom. The highest BCUT2D eigenvalue weighted by molar-refractivity contribution is 6.11. The third-order valence-corrected chi connectivity index (χ3v) is 7.16. The minimum atomic E-state index is -0.547. The molecule has 2 aromatic rings. The first-order chi connectivity index (χ1) is 16.4. The third kappa shape index (κ3) is 4.61. The van der Waals surface area contributed by atoms with Gasteiger partial charge in [-0.15, -0.1) is 0 Å². The van der Waals surface area contributed by atoms with Crippen LogP contribution in [0.25, 0.3) is 23.9 Å². The van der Waals surface area contributed by atoms with Crippen LogP contribution in [-0.4, -0.2) is 12.8 Å². The third-order valence-electron chi connectivity index (χ3n) is 7.16. The van der Waals surface area contributed by atoms with E-state index in [1.807, 2.05) is 37.5 Å². The van der Waals surface area contributed by atoms with E-state index in [0.29, 0.717) is 5.56 Å². The van der Waals surface area contributed by atoms with Gasteiger partial charge in [-0.1, -0.05) is 57.4 Å². The number of carbonyl (C=O) groups excluding carboxylic acids is 1. The van der Waals surface area contributed by atoms with E-state index in [0.717, 1.165) is 58.4 Å². The van der Waals surface area contributed by atoms with Crippen molar-refractivity contribution < 1.29 is 9.18 Å². The first kappa shape index (κ1) is 23.7. The number of benzene rings is 2. The van der Waals surface area contributed by atoms with Crippen molar-refractivity contribution >= 4 is 29.7 Å². The fourth-order valence-electron chi connectivity index (χ4n) is 5.28. The first-order valence-electron chi connectivity index (χ1n) is 12.1. The number of carbonyl (C=O) groups is 1. The summed E-state index contributed by atoms with van der Waals surface area (Å²) < 4.78 is 14.6. The molecule has 4 rings (SSSR count). The lowest BCUT2D eigenvalue weighted by atomic mass is 9.83. The molecule has 0 spiro atoms. The zero-order chi connectivity index (χ0) is 24.2. The molecule has 0 heterocycles. The van der Waals surface area contributed by atoms with Gasteiger partial charge < -0.3 is 5.32 Å². The predicted octanol–water partition coefficient (Wildman–Crippen LogP) is 5.09. The molecule has 174 valence electrons. The maximum absolute atomic E-state index is 14.6. The van der Waals surface area contributed by atoms with E-state index in [1.165, 1.54) is 25.0 Å². The van der Waals surface area contributed by atoms with Gasteiger partial charge in [0.25, 0.3) is 0 Å². The molecule has 34 heavy (non-hydrogen) atoms. The van der Waals surface area contributed by atoms with Gasteiger partial charge in [-0.05, 0) is 69.8 Å². The molecular weight excluding hydrogens is 423 g/mol. The summed E-state index contributed by atoms with van der Waals surface area (Å²) in [6.07, 6.45) is 10.3. The Bertz CT molecular complexity index is 1320. The molecule has 0 aromatic heterocycles. The van der Waals surface area contributed by atoms with Crippen LogP contribution < -0.4 is 15.8 Å².